The normalized spacial score (nSPS) is 11.9. The number of benzene rings is 2. The smallest absolute Gasteiger partial charge is 0.146 e. The van der Waals surface area contributed by atoms with Crippen LogP contribution in [-0.2, 0) is 4.79 Å². The van der Waals surface area contributed by atoms with Gasteiger partial charge >= 0.3 is 0 Å². The highest BCUT2D eigenvalue weighted by atomic mass is 19.1. The van der Waals surface area contributed by atoms with E-state index in [4.69, 9.17) is 0 Å². The van der Waals surface area contributed by atoms with Crippen molar-refractivity contribution >= 4 is 12.0 Å². The third kappa shape index (κ3) is 2.91. The molecule has 4 heteroatoms. The molecule has 0 spiro atoms. The molecule has 2 nitrogen and oxygen atoms in total. The predicted molar refractivity (Wildman–Crippen MR) is 65.2 cm³/mol. The van der Waals surface area contributed by atoms with Crippen LogP contribution in [0, 0.1) is 11.6 Å². The van der Waals surface area contributed by atoms with Crippen molar-refractivity contribution < 1.29 is 13.6 Å². The summed E-state index contributed by atoms with van der Waals surface area (Å²) in [5.74, 6) is -0.699. The van der Waals surface area contributed by atoms with Crippen molar-refractivity contribution in [2.24, 2.45) is 0 Å². The van der Waals surface area contributed by atoms with Gasteiger partial charge in [0.05, 0.1) is 0 Å². The zero-order chi connectivity index (χ0) is 13.0. The van der Waals surface area contributed by atoms with Crippen LogP contribution in [0.3, 0.4) is 0 Å². The van der Waals surface area contributed by atoms with Gasteiger partial charge in [-0.25, -0.2) is 8.78 Å². The summed E-state index contributed by atoms with van der Waals surface area (Å²) in [5, 5.41) is 2.93. The van der Waals surface area contributed by atoms with E-state index in [1.54, 1.807) is 0 Å². The first-order valence-electron chi connectivity index (χ1n) is 5.42. The van der Waals surface area contributed by atoms with E-state index in [9.17, 15) is 13.6 Å². The number of carbonyl (C=O) groups excluding carboxylic acids is 1. The number of halogens is 2. The minimum absolute atomic E-state index is 0.343. The summed E-state index contributed by atoms with van der Waals surface area (Å²) in [4.78, 5) is 11.0. The molecule has 0 aliphatic rings. The van der Waals surface area contributed by atoms with E-state index >= 15 is 0 Å². The third-order valence-electron chi connectivity index (χ3n) is 2.53. The lowest BCUT2D eigenvalue weighted by Crippen LogP contribution is -2.11. The van der Waals surface area contributed by atoms with E-state index in [0.29, 0.717) is 11.3 Å². The minimum atomic E-state index is -0.587. The van der Waals surface area contributed by atoms with Gasteiger partial charge in [0.2, 0.25) is 0 Å². The van der Waals surface area contributed by atoms with Crippen molar-refractivity contribution in [3.8, 4) is 0 Å². The number of anilines is 1. The maximum atomic E-state index is 12.8. The van der Waals surface area contributed by atoms with Crippen LogP contribution in [0.25, 0.3) is 0 Å². The Morgan fingerprint density at radius 3 is 1.89 bits per heavy atom. The van der Waals surface area contributed by atoms with Gasteiger partial charge in [0.25, 0.3) is 0 Å². The Kier molecular flexibility index (Phi) is 3.67. The molecule has 0 radical (unpaired) electrons. The topological polar surface area (TPSA) is 29.1 Å². The van der Waals surface area contributed by atoms with Crippen LogP contribution in [0.15, 0.2) is 48.5 Å². The minimum Gasteiger partial charge on any atom is -0.372 e. The average molecular weight is 247 g/mol. The number of hydrogen-bond donors (Lipinski definition) is 1. The molecule has 0 aliphatic heterocycles. The summed E-state index contributed by atoms with van der Waals surface area (Å²) in [7, 11) is 0. The van der Waals surface area contributed by atoms with Gasteiger partial charge in [0, 0.05) is 5.69 Å². The number of aldehydes is 1. The molecule has 1 atom stereocenters. The average Bonchev–Trinajstić information content (AvgIpc) is 2.39. The first-order valence-corrected chi connectivity index (χ1v) is 5.42. The number of carbonyl (C=O) groups is 1. The molecule has 0 saturated heterocycles. The van der Waals surface area contributed by atoms with Gasteiger partial charge in [0.15, 0.2) is 0 Å². The lowest BCUT2D eigenvalue weighted by Gasteiger charge is -2.14. The Morgan fingerprint density at radius 1 is 0.889 bits per heavy atom. The molecule has 0 saturated carbocycles. The molecule has 18 heavy (non-hydrogen) atoms. The van der Waals surface area contributed by atoms with Crippen LogP contribution in [0.5, 0.6) is 0 Å². The molecule has 2 aromatic rings. The number of hydrogen-bond acceptors (Lipinski definition) is 2. The lowest BCUT2D eigenvalue weighted by atomic mass is 10.1. The van der Waals surface area contributed by atoms with E-state index in [1.165, 1.54) is 48.5 Å². The molecule has 0 bridgehead atoms. The van der Waals surface area contributed by atoms with Crippen molar-refractivity contribution in [1.82, 2.24) is 0 Å². The quantitative estimate of drug-likeness (QED) is 0.840. The van der Waals surface area contributed by atoms with Crippen LogP contribution in [0.4, 0.5) is 14.5 Å². The molecule has 0 amide bonds. The van der Waals surface area contributed by atoms with Crippen molar-refractivity contribution in [2.75, 3.05) is 5.32 Å². The highest BCUT2D eigenvalue weighted by molar-refractivity contribution is 5.67. The Bertz CT molecular complexity index is 522. The van der Waals surface area contributed by atoms with E-state index in [-0.39, 0.29) is 11.6 Å². The van der Waals surface area contributed by atoms with Crippen LogP contribution >= 0.6 is 0 Å². The predicted octanol–water partition coefficient (Wildman–Crippen LogP) is 3.32. The lowest BCUT2D eigenvalue weighted by molar-refractivity contribution is -0.108. The highest BCUT2D eigenvalue weighted by Crippen LogP contribution is 2.18. The Morgan fingerprint density at radius 2 is 1.39 bits per heavy atom. The van der Waals surface area contributed by atoms with Crippen LogP contribution in [0.2, 0.25) is 0 Å². The van der Waals surface area contributed by atoms with Crippen molar-refractivity contribution in [2.45, 2.75) is 6.04 Å². The fraction of sp³-hybridized carbons (Fsp3) is 0.0714. The van der Waals surface area contributed by atoms with Gasteiger partial charge in [0.1, 0.15) is 24.0 Å². The summed E-state index contributed by atoms with van der Waals surface area (Å²) in [6.45, 7) is 0. The Hall–Kier alpha value is -2.23. The van der Waals surface area contributed by atoms with Gasteiger partial charge in [-0.1, -0.05) is 12.1 Å². The number of nitrogens with one attached hydrogen (secondary N) is 1. The molecule has 2 aromatic carbocycles. The van der Waals surface area contributed by atoms with Crippen molar-refractivity contribution in [1.29, 1.82) is 0 Å². The molecule has 1 N–H and O–H groups in total. The van der Waals surface area contributed by atoms with Gasteiger partial charge in [-0.05, 0) is 42.0 Å². The van der Waals surface area contributed by atoms with E-state index in [1.807, 2.05) is 0 Å². The maximum absolute atomic E-state index is 12.8. The Balaban J connectivity index is 2.16. The molecule has 0 fully saturated rings. The molecule has 1 unspecified atom stereocenters. The highest BCUT2D eigenvalue weighted by Gasteiger charge is 2.10. The Labute approximate surface area is 103 Å². The molecule has 0 aromatic heterocycles. The fourth-order valence-electron chi connectivity index (χ4n) is 1.59. The second kappa shape index (κ2) is 5.40. The van der Waals surface area contributed by atoms with Crippen LogP contribution in [-0.4, -0.2) is 6.29 Å². The van der Waals surface area contributed by atoms with E-state index < -0.39 is 6.04 Å². The molecule has 2 rings (SSSR count). The number of rotatable bonds is 4. The molecular formula is C14H11F2NO. The van der Waals surface area contributed by atoms with E-state index in [2.05, 4.69) is 5.32 Å². The third-order valence-corrected chi connectivity index (χ3v) is 2.53. The van der Waals surface area contributed by atoms with Crippen LogP contribution < -0.4 is 5.32 Å². The summed E-state index contributed by atoms with van der Waals surface area (Å²) < 4.78 is 25.5. The SMILES string of the molecule is O=CC(Nc1ccc(F)cc1)c1ccc(F)cc1. The standard InChI is InChI=1S/C14H11F2NO/c15-11-3-1-10(2-4-11)14(9-18)17-13-7-5-12(16)6-8-13/h1-9,14,17H. The monoisotopic (exact) mass is 247 g/mol. The first kappa shape index (κ1) is 12.2. The fourth-order valence-corrected chi connectivity index (χ4v) is 1.59. The second-order valence-electron chi connectivity index (χ2n) is 3.82. The largest absolute Gasteiger partial charge is 0.372 e. The molecule has 92 valence electrons. The second-order valence-corrected chi connectivity index (χ2v) is 3.82. The first-order chi connectivity index (χ1) is 8.69. The summed E-state index contributed by atoms with van der Waals surface area (Å²) >= 11 is 0. The van der Waals surface area contributed by atoms with E-state index in [0.717, 1.165) is 6.29 Å². The summed E-state index contributed by atoms with van der Waals surface area (Å²) in [6, 6.07) is 10.7. The van der Waals surface area contributed by atoms with Gasteiger partial charge in [-0.2, -0.15) is 0 Å². The van der Waals surface area contributed by atoms with Gasteiger partial charge in [-0.15, -0.1) is 0 Å². The summed E-state index contributed by atoms with van der Waals surface area (Å²) in [6.07, 6.45) is 0.719. The van der Waals surface area contributed by atoms with Crippen molar-refractivity contribution in [3.05, 3.63) is 65.7 Å². The molecule has 0 heterocycles. The van der Waals surface area contributed by atoms with Crippen molar-refractivity contribution in [3.63, 3.8) is 0 Å². The summed E-state index contributed by atoms with van der Waals surface area (Å²) in [5.41, 5.74) is 1.27. The zero-order valence-corrected chi connectivity index (χ0v) is 9.44. The van der Waals surface area contributed by atoms with Gasteiger partial charge < -0.3 is 10.1 Å². The van der Waals surface area contributed by atoms with Gasteiger partial charge in [-0.3, -0.25) is 0 Å². The zero-order valence-electron chi connectivity index (χ0n) is 9.44. The maximum Gasteiger partial charge on any atom is 0.146 e. The van der Waals surface area contributed by atoms with Crippen LogP contribution in [0.1, 0.15) is 11.6 Å². The molecule has 0 aliphatic carbocycles. The molecular weight excluding hydrogens is 236 g/mol.